The third-order valence-corrected chi connectivity index (χ3v) is 9.87. The highest BCUT2D eigenvalue weighted by Gasteiger charge is 2.36. The van der Waals surface area contributed by atoms with E-state index in [-0.39, 0.29) is 17.9 Å². The van der Waals surface area contributed by atoms with E-state index in [2.05, 4.69) is 118 Å². The topological polar surface area (TPSA) is 40.5 Å². The second-order valence-electron chi connectivity index (χ2n) is 12.1. The lowest BCUT2D eigenvalue weighted by Crippen LogP contribution is -2.49. The first kappa shape index (κ1) is 28.7. The molecule has 0 bridgehead atoms. The Bertz CT molecular complexity index is 1700. The van der Waals surface area contributed by atoms with Gasteiger partial charge in [-0.2, -0.15) is 0 Å². The summed E-state index contributed by atoms with van der Waals surface area (Å²) < 4.78 is 2.37. The summed E-state index contributed by atoms with van der Waals surface area (Å²) >= 11 is 6.56. The minimum Gasteiger partial charge on any atom is -0.367 e. The van der Waals surface area contributed by atoms with E-state index in [4.69, 9.17) is 11.6 Å². The molecule has 2 atom stereocenters. The van der Waals surface area contributed by atoms with Crippen molar-refractivity contribution in [3.8, 4) is 0 Å². The molecular weight excluding hydrogens is 564 g/mol. The molecule has 4 aromatic carbocycles. The van der Waals surface area contributed by atoms with Gasteiger partial charge in [-0.15, -0.1) is 0 Å². The summed E-state index contributed by atoms with van der Waals surface area (Å²) in [4.78, 5) is 19.4. The summed E-state index contributed by atoms with van der Waals surface area (Å²) in [5.74, 6) is 0.0207. The van der Waals surface area contributed by atoms with Gasteiger partial charge >= 0.3 is 0 Å². The molecule has 1 N–H and O–H groups in total. The molecule has 5 nitrogen and oxygen atoms in total. The van der Waals surface area contributed by atoms with Gasteiger partial charge in [-0.25, -0.2) is 0 Å². The van der Waals surface area contributed by atoms with Crippen LogP contribution in [-0.2, 0) is 0 Å². The van der Waals surface area contributed by atoms with Crippen LogP contribution in [0.4, 0.5) is 5.69 Å². The van der Waals surface area contributed by atoms with Crippen molar-refractivity contribution in [2.75, 3.05) is 37.6 Å². The molecule has 44 heavy (non-hydrogen) atoms. The lowest BCUT2D eigenvalue weighted by Gasteiger charge is -2.37. The lowest BCUT2D eigenvalue weighted by molar-refractivity contribution is 0.0732. The lowest BCUT2D eigenvalue weighted by atomic mass is 9.83. The molecule has 7 rings (SSSR count). The van der Waals surface area contributed by atoms with Crippen molar-refractivity contribution in [2.24, 2.45) is 0 Å². The first-order valence-electron chi connectivity index (χ1n) is 15.9. The van der Waals surface area contributed by atoms with Crippen LogP contribution in [0.25, 0.3) is 10.9 Å². The first-order valence-corrected chi connectivity index (χ1v) is 16.2. The Labute approximate surface area is 265 Å². The summed E-state index contributed by atoms with van der Waals surface area (Å²) in [5, 5.41) is 5.63. The van der Waals surface area contributed by atoms with E-state index < -0.39 is 0 Å². The number of amides is 1. The Balaban J connectivity index is 1.38. The molecule has 0 saturated carbocycles. The molecule has 0 aliphatic carbocycles. The molecule has 0 spiro atoms. The van der Waals surface area contributed by atoms with Crippen LogP contribution in [0.5, 0.6) is 0 Å². The maximum atomic E-state index is 15.0. The van der Waals surface area contributed by atoms with Gasteiger partial charge in [-0.1, -0.05) is 103 Å². The van der Waals surface area contributed by atoms with Crippen LogP contribution in [0.2, 0.25) is 5.02 Å². The van der Waals surface area contributed by atoms with Gasteiger partial charge in [0, 0.05) is 60.6 Å². The molecule has 224 valence electrons. The van der Waals surface area contributed by atoms with Crippen LogP contribution < -0.4 is 10.2 Å². The standard InChI is InChI=1S/C38H39ClN4O/c1-27(32-19-12-22-40-32)43-33-20-10-8-17-30(33)36(35(28-13-4-2-5-14-28)29-15-6-3-7-16-29)37(43)38(44)42-25-23-41(24-26-42)34-21-11-9-18-31(34)39/h2-11,13-18,20-21,27,32,35,40H,12,19,22-26H2,1H3. The van der Waals surface area contributed by atoms with Crippen LogP contribution in [0.3, 0.4) is 0 Å². The molecule has 2 aliphatic rings. The van der Waals surface area contributed by atoms with E-state index in [1.807, 2.05) is 18.2 Å². The number of hydrogen-bond acceptors (Lipinski definition) is 3. The number of rotatable bonds is 7. The SMILES string of the molecule is CC(C1CCCN1)n1c(C(=O)N2CCN(c3ccccc3Cl)CC2)c(C(c2ccccc2)c2ccccc2)c2ccccc21. The molecule has 1 amide bonds. The zero-order valence-corrected chi connectivity index (χ0v) is 26.0. The average molecular weight is 603 g/mol. The number of benzene rings is 4. The van der Waals surface area contributed by atoms with E-state index in [1.54, 1.807) is 0 Å². The number of piperazine rings is 1. The van der Waals surface area contributed by atoms with Crippen molar-refractivity contribution in [3.63, 3.8) is 0 Å². The minimum atomic E-state index is -0.0874. The number of nitrogens with zero attached hydrogens (tertiary/aromatic N) is 3. The largest absolute Gasteiger partial charge is 0.367 e. The van der Waals surface area contributed by atoms with Gasteiger partial charge in [-0.05, 0) is 55.6 Å². The van der Waals surface area contributed by atoms with Crippen LogP contribution in [0, 0.1) is 0 Å². The smallest absolute Gasteiger partial charge is 0.270 e. The van der Waals surface area contributed by atoms with Gasteiger partial charge < -0.3 is 19.7 Å². The summed E-state index contributed by atoms with van der Waals surface area (Å²) in [6, 6.07) is 38.4. The Morgan fingerprint density at radius 1 is 0.795 bits per heavy atom. The zero-order valence-electron chi connectivity index (χ0n) is 25.2. The van der Waals surface area contributed by atoms with Crippen LogP contribution in [0.15, 0.2) is 109 Å². The maximum Gasteiger partial charge on any atom is 0.270 e. The number of hydrogen-bond donors (Lipinski definition) is 1. The summed E-state index contributed by atoms with van der Waals surface area (Å²) in [6.45, 7) is 6.07. The normalized spacial score (nSPS) is 17.8. The van der Waals surface area contributed by atoms with Gasteiger partial charge in [0.2, 0.25) is 0 Å². The Hall–Kier alpha value is -4.06. The zero-order chi connectivity index (χ0) is 30.0. The van der Waals surface area contributed by atoms with E-state index in [1.165, 1.54) is 11.1 Å². The van der Waals surface area contributed by atoms with E-state index in [0.717, 1.165) is 65.3 Å². The highest BCUT2D eigenvalue weighted by atomic mass is 35.5. The summed E-state index contributed by atoms with van der Waals surface area (Å²) in [6.07, 6.45) is 2.26. The van der Waals surface area contributed by atoms with Crippen molar-refractivity contribution in [1.82, 2.24) is 14.8 Å². The van der Waals surface area contributed by atoms with Crippen molar-refractivity contribution in [1.29, 1.82) is 0 Å². The second-order valence-corrected chi connectivity index (χ2v) is 12.5. The fourth-order valence-electron chi connectivity index (χ4n) is 7.35. The fraction of sp³-hybridized carbons (Fsp3) is 0.289. The minimum absolute atomic E-state index is 0.0874. The van der Waals surface area contributed by atoms with Gasteiger partial charge in [0.05, 0.1) is 10.7 Å². The molecule has 6 heteroatoms. The van der Waals surface area contributed by atoms with E-state index >= 15 is 4.79 Å². The first-order chi connectivity index (χ1) is 21.6. The second kappa shape index (κ2) is 12.5. The molecular formula is C38H39ClN4O. The number of carbonyl (C=O) groups is 1. The predicted octanol–water partition coefficient (Wildman–Crippen LogP) is 7.75. The van der Waals surface area contributed by atoms with Gasteiger partial charge in [-0.3, -0.25) is 4.79 Å². The molecule has 2 aliphatic heterocycles. The summed E-state index contributed by atoms with van der Waals surface area (Å²) in [5.41, 5.74) is 6.44. The van der Waals surface area contributed by atoms with Gasteiger partial charge in [0.1, 0.15) is 5.69 Å². The fourth-order valence-corrected chi connectivity index (χ4v) is 7.61. The number of aromatic nitrogens is 1. The molecule has 3 heterocycles. The number of carbonyl (C=O) groups excluding carboxylic acids is 1. The van der Waals surface area contributed by atoms with Crippen LogP contribution >= 0.6 is 11.6 Å². The third-order valence-electron chi connectivity index (χ3n) is 9.55. The Morgan fingerprint density at radius 2 is 1.41 bits per heavy atom. The monoisotopic (exact) mass is 602 g/mol. The molecule has 2 fully saturated rings. The van der Waals surface area contributed by atoms with Crippen molar-refractivity contribution in [2.45, 2.75) is 37.8 Å². The van der Waals surface area contributed by atoms with Crippen LogP contribution in [-0.4, -0.2) is 54.1 Å². The van der Waals surface area contributed by atoms with Crippen LogP contribution in [0.1, 0.15) is 58.9 Å². The van der Waals surface area contributed by atoms with Gasteiger partial charge in [0.25, 0.3) is 5.91 Å². The van der Waals surface area contributed by atoms with E-state index in [9.17, 15) is 0 Å². The molecule has 1 aromatic heterocycles. The molecule has 2 unspecified atom stereocenters. The molecule has 5 aromatic rings. The number of anilines is 1. The third kappa shape index (κ3) is 5.29. The molecule has 0 radical (unpaired) electrons. The van der Waals surface area contributed by atoms with Gasteiger partial charge in [0.15, 0.2) is 0 Å². The summed E-state index contributed by atoms with van der Waals surface area (Å²) in [7, 11) is 0. The number of fused-ring (bicyclic) bond motifs is 1. The molecule has 2 saturated heterocycles. The van der Waals surface area contributed by atoms with Crippen molar-refractivity contribution in [3.05, 3.63) is 137 Å². The predicted molar refractivity (Wildman–Crippen MR) is 181 cm³/mol. The number of para-hydroxylation sites is 2. The van der Waals surface area contributed by atoms with E-state index in [0.29, 0.717) is 19.1 Å². The number of nitrogens with one attached hydrogen (secondary N) is 1. The maximum absolute atomic E-state index is 15.0. The number of halogens is 1. The highest BCUT2D eigenvalue weighted by molar-refractivity contribution is 6.33. The Kier molecular flexibility index (Phi) is 8.16. The van der Waals surface area contributed by atoms with Crippen molar-refractivity contribution >= 4 is 34.1 Å². The average Bonchev–Trinajstić information content (AvgIpc) is 3.73. The highest BCUT2D eigenvalue weighted by Crippen LogP contribution is 2.42. The quantitative estimate of drug-likeness (QED) is 0.207. The Morgan fingerprint density at radius 3 is 2.05 bits per heavy atom. The van der Waals surface area contributed by atoms with Crippen molar-refractivity contribution < 1.29 is 4.79 Å².